The number of carbonyl (C=O) groups excluding carboxylic acids is 1. The predicted octanol–water partition coefficient (Wildman–Crippen LogP) is 4.23. The quantitative estimate of drug-likeness (QED) is 0.825. The van der Waals surface area contributed by atoms with E-state index < -0.39 is 0 Å². The zero-order valence-corrected chi connectivity index (χ0v) is 11.5. The maximum Gasteiger partial charge on any atom is 0.412 e. The molecule has 0 spiro atoms. The summed E-state index contributed by atoms with van der Waals surface area (Å²) in [4.78, 5) is 11.7. The standard InChI is InChI=1S/C16H21NO2/c1-12(2)13-8-10-15(11-9-13)19-16(18)17-14-6-4-3-5-7-14/h3-8,10,12-13,15H,9,11H2,1-2H3,(H,17,18)/t13-,15-/m0/s1. The molecule has 0 bridgehead atoms. The van der Waals surface area contributed by atoms with Crippen molar-refractivity contribution in [3.8, 4) is 0 Å². The molecule has 1 N–H and O–H groups in total. The molecule has 0 radical (unpaired) electrons. The normalized spacial score (nSPS) is 22.3. The van der Waals surface area contributed by atoms with Gasteiger partial charge < -0.3 is 4.74 Å². The van der Waals surface area contributed by atoms with Gasteiger partial charge in [0.05, 0.1) is 0 Å². The summed E-state index contributed by atoms with van der Waals surface area (Å²) in [5.74, 6) is 1.26. The van der Waals surface area contributed by atoms with Gasteiger partial charge in [0, 0.05) is 5.69 Å². The van der Waals surface area contributed by atoms with Crippen molar-refractivity contribution in [3.05, 3.63) is 42.5 Å². The van der Waals surface area contributed by atoms with Crippen LogP contribution in [-0.2, 0) is 4.74 Å². The summed E-state index contributed by atoms with van der Waals surface area (Å²) < 4.78 is 5.39. The van der Waals surface area contributed by atoms with Crippen LogP contribution in [0.3, 0.4) is 0 Å². The van der Waals surface area contributed by atoms with Crippen LogP contribution in [0.25, 0.3) is 0 Å². The van der Waals surface area contributed by atoms with Crippen LogP contribution < -0.4 is 5.32 Å². The van der Waals surface area contributed by atoms with Crippen molar-refractivity contribution in [1.29, 1.82) is 0 Å². The molecule has 0 fully saturated rings. The topological polar surface area (TPSA) is 38.3 Å². The Kier molecular flexibility index (Phi) is 4.61. The maximum absolute atomic E-state index is 11.7. The molecule has 1 amide bonds. The molecule has 0 saturated heterocycles. The number of hydrogen-bond donors (Lipinski definition) is 1. The second-order valence-corrected chi connectivity index (χ2v) is 5.30. The molecule has 0 heterocycles. The van der Waals surface area contributed by atoms with Gasteiger partial charge in [-0.05, 0) is 42.9 Å². The third kappa shape index (κ3) is 4.12. The highest BCUT2D eigenvalue weighted by atomic mass is 16.6. The van der Waals surface area contributed by atoms with E-state index >= 15 is 0 Å². The van der Waals surface area contributed by atoms with Gasteiger partial charge in [0.1, 0.15) is 6.10 Å². The Morgan fingerprint density at radius 1 is 1.21 bits per heavy atom. The fourth-order valence-corrected chi connectivity index (χ4v) is 2.28. The molecule has 102 valence electrons. The van der Waals surface area contributed by atoms with Crippen LogP contribution in [0, 0.1) is 11.8 Å². The first-order chi connectivity index (χ1) is 9.15. The highest BCUT2D eigenvalue weighted by Gasteiger charge is 2.20. The molecule has 3 nitrogen and oxygen atoms in total. The van der Waals surface area contributed by atoms with E-state index in [9.17, 15) is 4.79 Å². The van der Waals surface area contributed by atoms with E-state index in [-0.39, 0.29) is 12.2 Å². The molecule has 19 heavy (non-hydrogen) atoms. The Morgan fingerprint density at radius 3 is 2.53 bits per heavy atom. The van der Waals surface area contributed by atoms with Crippen molar-refractivity contribution in [3.63, 3.8) is 0 Å². The lowest BCUT2D eigenvalue weighted by atomic mass is 9.86. The molecule has 3 heteroatoms. The highest BCUT2D eigenvalue weighted by Crippen LogP contribution is 2.25. The number of para-hydroxylation sites is 1. The molecule has 1 aliphatic carbocycles. The summed E-state index contributed by atoms with van der Waals surface area (Å²) >= 11 is 0. The molecule has 1 aromatic rings. The summed E-state index contributed by atoms with van der Waals surface area (Å²) in [6.07, 6.45) is 5.69. The Hall–Kier alpha value is -1.77. The number of ether oxygens (including phenoxy) is 1. The zero-order valence-electron chi connectivity index (χ0n) is 11.5. The van der Waals surface area contributed by atoms with Gasteiger partial charge in [-0.25, -0.2) is 4.79 Å². The molecule has 2 atom stereocenters. The van der Waals surface area contributed by atoms with Crippen molar-refractivity contribution < 1.29 is 9.53 Å². The average Bonchev–Trinajstić information content (AvgIpc) is 2.40. The van der Waals surface area contributed by atoms with E-state index in [1.165, 1.54) is 0 Å². The molecule has 0 saturated carbocycles. The number of rotatable bonds is 3. The van der Waals surface area contributed by atoms with Gasteiger partial charge in [0.2, 0.25) is 0 Å². The first-order valence-electron chi connectivity index (χ1n) is 6.86. The van der Waals surface area contributed by atoms with Gasteiger partial charge in [-0.2, -0.15) is 0 Å². The van der Waals surface area contributed by atoms with E-state index in [4.69, 9.17) is 4.74 Å². The fraction of sp³-hybridized carbons (Fsp3) is 0.438. The molecule has 1 aliphatic rings. The molecule has 0 aliphatic heterocycles. The highest BCUT2D eigenvalue weighted by molar-refractivity contribution is 5.84. The Morgan fingerprint density at radius 2 is 1.95 bits per heavy atom. The van der Waals surface area contributed by atoms with Crippen molar-refractivity contribution in [2.75, 3.05) is 5.32 Å². The molecule has 0 aromatic heterocycles. The van der Waals surface area contributed by atoms with Crippen LogP contribution in [-0.4, -0.2) is 12.2 Å². The first-order valence-corrected chi connectivity index (χ1v) is 6.86. The smallest absolute Gasteiger partial charge is 0.412 e. The van der Waals surface area contributed by atoms with Gasteiger partial charge in [-0.1, -0.05) is 38.1 Å². The average molecular weight is 259 g/mol. The Labute approximate surface area is 114 Å². The van der Waals surface area contributed by atoms with Crippen molar-refractivity contribution >= 4 is 11.8 Å². The van der Waals surface area contributed by atoms with E-state index in [2.05, 4.69) is 25.2 Å². The summed E-state index contributed by atoms with van der Waals surface area (Å²) in [6.45, 7) is 4.44. The minimum atomic E-state index is -0.385. The van der Waals surface area contributed by atoms with Gasteiger partial charge in [0.15, 0.2) is 0 Å². The van der Waals surface area contributed by atoms with Crippen LogP contribution in [0.2, 0.25) is 0 Å². The van der Waals surface area contributed by atoms with E-state index in [1.807, 2.05) is 36.4 Å². The lowest BCUT2D eigenvalue weighted by Gasteiger charge is -2.25. The molecular weight excluding hydrogens is 238 g/mol. The van der Waals surface area contributed by atoms with Crippen LogP contribution in [0.15, 0.2) is 42.5 Å². The third-order valence-corrected chi connectivity index (χ3v) is 3.49. The number of anilines is 1. The van der Waals surface area contributed by atoms with E-state index in [0.29, 0.717) is 11.8 Å². The van der Waals surface area contributed by atoms with Gasteiger partial charge in [0.25, 0.3) is 0 Å². The van der Waals surface area contributed by atoms with Crippen LogP contribution >= 0.6 is 0 Å². The zero-order chi connectivity index (χ0) is 13.7. The number of nitrogens with one attached hydrogen (secondary N) is 1. The summed E-state index contributed by atoms with van der Waals surface area (Å²) in [5, 5.41) is 2.73. The maximum atomic E-state index is 11.7. The van der Waals surface area contributed by atoms with Gasteiger partial charge in [-0.3, -0.25) is 5.32 Å². The lowest BCUT2D eigenvalue weighted by Crippen LogP contribution is -2.24. The first kappa shape index (κ1) is 13.7. The molecule has 2 rings (SSSR count). The minimum Gasteiger partial charge on any atom is -0.442 e. The second kappa shape index (κ2) is 6.41. The molecule has 1 aromatic carbocycles. The summed E-state index contributed by atoms with van der Waals surface area (Å²) in [7, 11) is 0. The number of carbonyl (C=O) groups is 1. The summed E-state index contributed by atoms with van der Waals surface area (Å²) in [6, 6.07) is 9.35. The van der Waals surface area contributed by atoms with Crippen LogP contribution in [0.1, 0.15) is 26.7 Å². The monoisotopic (exact) mass is 259 g/mol. The number of allylic oxidation sites excluding steroid dienone is 1. The third-order valence-electron chi connectivity index (χ3n) is 3.49. The van der Waals surface area contributed by atoms with Gasteiger partial charge in [-0.15, -0.1) is 0 Å². The van der Waals surface area contributed by atoms with Crippen LogP contribution in [0.4, 0.5) is 10.5 Å². The Bertz CT molecular complexity index is 439. The summed E-state index contributed by atoms with van der Waals surface area (Å²) in [5.41, 5.74) is 0.757. The number of amides is 1. The predicted molar refractivity (Wildman–Crippen MR) is 77.0 cm³/mol. The van der Waals surface area contributed by atoms with Crippen molar-refractivity contribution in [2.45, 2.75) is 32.8 Å². The lowest BCUT2D eigenvalue weighted by molar-refractivity contribution is 0.121. The van der Waals surface area contributed by atoms with Crippen molar-refractivity contribution in [2.24, 2.45) is 11.8 Å². The van der Waals surface area contributed by atoms with Crippen molar-refractivity contribution in [1.82, 2.24) is 0 Å². The second-order valence-electron chi connectivity index (χ2n) is 5.30. The van der Waals surface area contributed by atoms with E-state index in [1.54, 1.807) is 0 Å². The SMILES string of the molecule is CC(C)[C@H]1C=C[C@H](OC(=O)Nc2ccccc2)CC1. The largest absolute Gasteiger partial charge is 0.442 e. The Balaban J connectivity index is 1.82. The van der Waals surface area contributed by atoms with Gasteiger partial charge >= 0.3 is 6.09 Å². The fourth-order valence-electron chi connectivity index (χ4n) is 2.28. The number of hydrogen-bond acceptors (Lipinski definition) is 2. The molecular formula is C16H21NO2. The minimum absolute atomic E-state index is 0.0984. The number of benzene rings is 1. The molecule has 0 unspecified atom stereocenters. The van der Waals surface area contributed by atoms with Crippen LogP contribution in [0.5, 0.6) is 0 Å². The van der Waals surface area contributed by atoms with E-state index in [0.717, 1.165) is 18.5 Å².